The topological polar surface area (TPSA) is 47.9 Å². The van der Waals surface area contributed by atoms with Crippen LogP contribution in [0.15, 0.2) is 188 Å². The fourth-order valence-electron chi connectivity index (χ4n) is 9.36. The van der Waals surface area contributed by atoms with Crippen molar-refractivity contribution >= 4 is 0 Å². The molecule has 0 amide bonds. The van der Waals surface area contributed by atoms with Crippen LogP contribution in [0.25, 0.3) is 67.0 Å². The number of ether oxygens (including phenoxy) is 1. The molecule has 3 heterocycles. The minimum absolute atomic E-state index is 0.658. The third kappa shape index (κ3) is 5.26. The maximum atomic E-state index is 6.95. The lowest BCUT2D eigenvalue weighted by molar-refractivity contribution is 0.436. The summed E-state index contributed by atoms with van der Waals surface area (Å²) in [7, 11) is 0. The van der Waals surface area contributed by atoms with Crippen LogP contribution in [0.1, 0.15) is 33.8 Å². The van der Waals surface area contributed by atoms with Gasteiger partial charge in [-0.05, 0) is 118 Å². The molecule has 2 aliphatic rings. The molecule has 0 bridgehead atoms. The second-order valence-electron chi connectivity index (χ2n) is 15.2. The van der Waals surface area contributed by atoms with E-state index < -0.39 is 5.41 Å². The fraction of sp³-hybridized carbons (Fsp3) is 0.0556. The Morgan fingerprint density at radius 2 is 0.879 bits per heavy atom. The van der Waals surface area contributed by atoms with Crippen LogP contribution in [-0.4, -0.2) is 15.0 Å². The van der Waals surface area contributed by atoms with Crippen LogP contribution < -0.4 is 4.74 Å². The Kier molecular flexibility index (Phi) is 7.80. The second kappa shape index (κ2) is 13.4. The largest absolute Gasteiger partial charge is 0.457 e. The summed E-state index contributed by atoms with van der Waals surface area (Å²) >= 11 is 0. The van der Waals surface area contributed by atoms with E-state index in [-0.39, 0.29) is 0 Å². The minimum atomic E-state index is -0.658. The summed E-state index contributed by atoms with van der Waals surface area (Å²) in [4.78, 5) is 14.6. The van der Waals surface area contributed by atoms with Crippen molar-refractivity contribution in [2.45, 2.75) is 19.3 Å². The number of benzene rings is 7. The first-order valence-electron chi connectivity index (χ1n) is 19.8. The standard InChI is InChI=1S/C54H37N3O/c1-34-30-38(28-29-55-34)42-18-7-6-17-41(42)37-24-26-52-48(31-37)54(46-22-12-10-19-43(46)44-20-11-13-23-47(44)54)49-32-39(25-27-53(49)58-52)50-33-51(57-35(2)56-50)45-21-9-8-16-40(45)36-14-4-3-5-15-36/h3-33H,1-2H3. The molecule has 11 rings (SSSR count). The monoisotopic (exact) mass is 743 g/mol. The first-order chi connectivity index (χ1) is 28.6. The number of aryl methyl sites for hydroxylation is 2. The average Bonchev–Trinajstić information content (AvgIpc) is 3.57. The van der Waals surface area contributed by atoms with E-state index in [1.807, 2.05) is 26.1 Å². The summed E-state index contributed by atoms with van der Waals surface area (Å²) in [6, 6.07) is 65.1. The molecular formula is C54H37N3O. The lowest BCUT2D eigenvalue weighted by Crippen LogP contribution is -2.32. The van der Waals surface area contributed by atoms with Crippen LogP contribution in [0, 0.1) is 13.8 Å². The second-order valence-corrected chi connectivity index (χ2v) is 15.2. The Balaban J connectivity index is 1.14. The number of rotatable bonds is 5. The van der Waals surface area contributed by atoms with Crippen molar-refractivity contribution < 1.29 is 4.74 Å². The molecule has 0 N–H and O–H groups in total. The molecule has 0 saturated carbocycles. The molecule has 0 fully saturated rings. The molecule has 4 nitrogen and oxygen atoms in total. The fourth-order valence-corrected chi connectivity index (χ4v) is 9.36. The van der Waals surface area contributed by atoms with Gasteiger partial charge in [0, 0.05) is 34.1 Å². The Morgan fingerprint density at radius 3 is 1.52 bits per heavy atom. The van der Waals surface area contributed by atoms with E-state index in [2.05, 4.69) is 181 Å². The highest BCUT2D eigenvalue weighted by Gasteiger charge is 2.51. The van der Waals surface area contributed by atoms with Crippen molar-refractivity contribution in [3.8, 4) is 78.5 Å². The maximum Gasteiger partial charge on any atom is 0.132 e. The zero-order chi connectivity index (χ0) is 38.8. The van der Waals surface area contributed by atoms with Crippen LogP contribution in [0.3, 0.4) is 0 Å². The van der Waals surface area contributed by atoms with Gasteiger partial charge in [-0.3, -0.25) is 4.98 Å². The lowest BCUT2D eigenvalue weighted by atomic mass is 9.65. The Labute approximate surface area is 338 Å². The van der Waals surface area contributed by atoms with Crippen molar-refractivity contribution in [2.24, 2.45) is 0 Å². The molecule has 4 heteroatoms. The number of fused-ring (bicyclic) bond motifs is 9. The first-order valence-corrected chi connectivity index (χ1v) is 19.8. The van der Waals surface area contributed by atoms with Gasteiger partial charge in [-0.15, -0.1) is 0 Å². The first kappa shape index (κ1) is 33.9. The van der Waals surface area contributed by atoms with Crippen molar-refractivity contribution in [1.29, 1.82) is 0 Å². The number of pyridine rings is 1. The number of hydrogen-bond acceptors (Lipinski definition) is 4. The Bertz CT molecular complexity index is 3030. The van der Waals surface area contributed by atoms with Gasteiger partial charge >= 0.3 is 0 Å². The van der Waals surface area contributed by atoms with Crippen LogP contribution in [0.5, 0.6) is 11.5 Å². The molecule has 2 aromatic heterocycles. The maximum absolute atomic E-state index is 6.95. The summed E-state index contributed by atoms with van der Waals surface area (Å²) in [6.07, 6.45) is 1.89. The predicted octanol–water partition coefficient (Wildman–Crippen LogP) is 13.3. The number of hydrogen-bond donors (Lipinski definition) is 0. The minimum Gasteiger partial charge on any atom is -0.457 e. The summed E-state index contributed by atoms with van der Waals surface area (Å²) in [5, 5.41) is 0. The van der Waals surface area contributed by atoms with Crippen molar-refractivity contribution in [3.05, 3.63) is 222 Å². The van der Waals surface area contributed by atoms with Gasteiger partial charge in [-0.2, -0.15) is 0 Å². The zero-order valence-corrected chi connectivity index (χ0v) is 32.1. The summed E-state index contributed by atoms with van der Waals surface area (Å²) < 4.78 is 6.95. The van der Waals surface area contributed by atoms with Gasteiger partial charge in [0.1, 0.15) is 17.3 Å². The molecule has 1 spiro atoms. The normalized spacial score (nSPS) is 12.9. The van der Waals surface area contributed by atoms with Gasteiger partial charge in [0.2, 0.25) is 0 Å². The zero-order valence-electron chi connectivity index (χ0n) is 32.1. The molecule has 9 aromatic rings. The smallest absolute Gasteiger partial charge is 0.132 e. The summed E-state index contributed by atoms with van der Waals surface area (Å²) in [6.45, 7) is 4.02. The number of aromatic nitrogens is 3. The van der Waals surface area contributed by atoms with Gasteiger partial charge in [0.15, 0.2) is 0 Å². The highest BCUT2D eigenvalue weighted by atomic mass is 16.5. The van der Waals surface area contributed by atoms with Crippen LogP contribution in [-0.2, 0) is 5.41 Å². The highest BCUT2D eigenvalue weighted by molar-refractivity contribution is 5.91. The van der Waals surface area contributed by atoms with Crippen LogP contribution in [0.2, 0.25) is 0 Å². The quantitative estimate of drug-likeness (QED) is 0.176. The predicted molar refractivity (Wildman–Crippen MR) is 234 cm³/mol. The van der Waals surface area contributed by atoms with Gasteiger partial charge in [-0.1, -0.05) is 133 Å². The molecular weight excluding hydrogens is 707 g/mol. The van der Waals surface area contributed by atoms with Gasteiger partial charge in [0.05, 0.1) is 16.8 Å². The molecule has 7 aromatic carbocycles. The third-order valence-corrected chi connectivity index (χ3v) is 11.8. The molecule has 1 aliphatic carbocycles. The molecule has 0 saturated heterocycles. The molecule has 0 radical (unpaired) electrons. The Hall–Kier alpha value is -7.43. The molecule has 1 aliphatic heterocycles. The van der Waals surface area contributed by atoms with Crippen molar-refractivity contribution in [1.82, 2.24) is 15.0 Å². The van der Waals surface area contributed by atoms with Gasteiger partial charge < -0.3 is 4.74 Å². The Morgan fingerprint density at radius 1 is 0.379 bits per heavy atom. The SMILES string of the molecule is Cc1cc(-c2ccccc2-c2ccc3c(c2)C2(c4cc(-c5cc(-c6ccccc6-c6ccccc6)nc(C)n5)ccc4O3)c3ccccc3-c3ccccc32)ccn1. The van der Waals surface area contributed by atoms with E-state index in [4.69, 9.17) is 14.7 Å². The molecule has 274 valence electrons. The van der Waals surface area contributed by atoms with Gasteiger partial charge in [0.25, 0.3) is 0 Å². The van der Waals surface area contributed by atoms with Crippen molar-refractivity contribution in [2.75, 3.05) is 0 Å². The highest BCUT2D eigenvalue weighted by Crippen LogP contribution is 2.62. The van der Waals surface area contributed by atoms with E-state index in [1.54, 1.807) is 0 Å². The van der Waals surface area contributed by atoms with Crippen LogP contribution >= 0.6 is 0 Å². The van der Waals surface area contributed by atoms with E-state index in [1.165, 1.54) is 22.3 Å². The lowest BCUT2D eigenvalue weighted by Gasteiger charge is -2.40. The van der Waals surface area contributed by atoms with E-state index in [0.29, 0.717) is 5.82 Å². The summed E-state index contributed by atoms with van der Waals surface area (Å²) in [5.41, 5.74) is 18.2. The van der Waals surface area contributed by atoms with Crippen molar-refractivity contribution in [3.63, 3.8) is 0 Å². The third-order valence-electron chi connectivity index (χ3n) is 11.8. The summed E-state index contributed by atoms with van der Waals surface area (Å²) in [5.74, 6) is 2.41. The van der Waals surface area contributed by atoms with E-state index >= 15 is 0 Å². The average molecular weight is 744 g/mol. The molecule has 0 unspecified atom stereocenters. The van der Waals surface area contributed by atoms with Gasteiger partial charge in [-0.25, -0.2) is 9.97 Å². The van der Waals surface area contributed by atoms with Crippen LogP contribution in [0.4, 0.5) is 0 Å². The number of nitrogens with zero attached hydrogens (tertiary/aromatic N) is 3. The van der Waals surface area contributed by atoms with E-state index in [9.17, 15) is 0 Å². The molecule has 0 atom stereocenters. The molecule has 58 heavy (non-hydrogen) atoms. The van der Waals surface area contributed by atoms with E-state index in [0.717, 1.165) is 84.2 Å².